The molecule has 0 aromatic heterocycles. The van der Waals surface area contributed by atoms with E-state index in [9.17, 15) is 4.39 Å². The maximum Gasteiger partial charge on any atom is 0.127 e. The molecule has 0 aliphatic carbocycles. The van der Waals surface area contributed by atoms with Gasteiger partial charge in [-0.15, -0.1) is 0 Å². The normalized spacial score (nSPS) is 18.1. The lowest BCUT2D eigenvalue weighted by atomic mass is 9.75. The van der Waals surface area contributed by atoms with Gasteiger partial charge in [-0.25, -0.2) is 4.39 Å². The summed E-state index contributed by atoms with van der Waals surface area (Å²) in [4.78, 5) is 0. The molecule has 1 aromatic carbocycles. The molecule has 1 saturated heterocycles. The average Bonchev–Trinajstić information content (AvgIpc) is 2.43. The minimum Gasteiger partial charge on any atom is -0.381 e. The lowest BCUT2D eigenvalue weighted by Crippen LogP contribution is -2.42. The molecule has 2 rings (SSSR count). The van der Waals surface area contributed by atoms with Gasteiger partial charge >= 0.3 is 0 Å². The van der Waals surface area contributed by atoms with Crippen molar-refractivity contribution < 1.29 is 9.13 Å². The first-order chi connectivity index (χ1) is 10.0. The van der Waals surface area contributed by atoms with Crippen molar-refractivity contribution in [3.8, 4) is 0 Å². The molecule has 1 aliphatic heterocycles. The Morgan fingerprint density at radius 1 is 1.33 bits per heavy atom. The van der Waals surface area contributed by atoms with E-state index in [0.717, 1.165) is 55.6 Å². The van der Waals surface area contributed by atoms with Gasteiger partial charge in [0.25, 0.3) is 0 Å². The Morgan fingerprint density at radius 2 is 2.05 bits per heavy atom. The molecule has 4 heteroatoms. The van der Waals surface area contributed by atoms with Crippen molar-refractivity contribution >= 4 is 15.9 Å². The van der Waals surface area contributed by atoms with Crippen LogP contribution in [-0.4, -0.2) is 26.3 Å². The molecule has 1 aromatic rings. The Morgan fingerprint density at radius 3 is 2.67 bits per heavy atom. The number of halogens is 2. The summed E-state index contributed by atoms with van der Waals surface area (Å²) in [6, 6.07) is 5.38. The summed E-state index contributed by atoms with van der Waals surface area (Å²) in [5.41, 5.74) is 0.924. The largest absolute Gasteiger partial charge is 0.381 e. The third-order valence-electron chi connectivity index (χ3n) is 4.19. The topological polar surface area (TPSA) is 21.3 Å². The van der Waals surface area contributed by atoms with E-state index < -0.39 is 0 Å². The van der Waals surface area contributed by atoms with Gasteiger partial charge in [-0.3, -0.25) is 0 Å². The van der Waals surface area contributed by atoms with Crippen LogP contribution >= 0.6 is 15.9 Å². The minimum atomic E-state index is -0.112. The highest BCUT2D eigenvalue weighted by Crippen LogP contribution is 2.35. The molecule has 0 atom stereocenters. The van der Waals surface area contributed by atoms with Crippen LogP contribution in [0.3, 0.4) is 0 Å². The fraction of sp³-hybridized carbons (Fsp3) is 0.647. The van der Waals surface area contributed by atoms with Crippen LogP contribution in [0.4, 0.5) is 4.39 Å². The van der Waals surface area contributed by atoms with Gasteiger partial charge in [-0.2, -0.15) is 0 Å². The first kappa shape index (κ1) is 16.9. The van der Waals surface area contributed by atoms with E-state index in [1.165, 1.54) is 0 Å². The molecule has 118 valence electrons. The van der Waals surface area contributed by atoms with E-state index in [4.69, 9.17) is 4.74 Å². The van der Waals surface area contributed by atoms with Crippen molar-refractivity contribution in [1.29, 1.82) is 0 Å². The number of nitrogens with one attached hydrogen (secondary N) is 1. The summed E-state index contributed by atoms with van der Waals surface area (Å²) in [5, 5.41) is 3.56. The van der Waals surface area contributed by atoms with E-state index in [-0.39, 0.29) is 11.2 Å². The number of hydrogen-bond donors (Lipinski definition) is 1. The van der Waals surface area contributed by atoms with Crippen molar-refractivity contribution in [1.82, 2.24) is 5.32 Å². The van der Waals surface area contributed by atoms with Gasteiger partial charge in [0.1, 0.15) is 5.82 Å². The van der Waals surface area contributed by atoms with Crippen molar-refractivity contribution in [2.45, 2.75) is 33.1 Å². The van der Waals surface area contributed by atoms with Gasteiger partial charge in [0.2, 0.25) is 0 Å². The lowest BCUT2D eigenvalue weighted by molar-refractivity contribution is 0.0143. The summed E-state index contributed by atoms with van der Waals surface area (Å²) in [6.07, 6.45) is 2.77. The fourth-order valence-corrected chi connectivity index (χ4v) is 3.25. The van der Waals surface area contributed by atoms with Crippen LogP contribution in [0.1, 0.15) is 32.3 Å². The Balaban J connectivity index is 2.08. The molecular weight excluding hydrogens is 333 g/mol. The number of rotatable bonds is 6. The van der Waals surface area contributed by atoms with Crippen LogP contribution in [0.25, 0.3) is 0 Å². The second kappa shape index (κ2) is 7.70. The third-order valence-corrected chi connectivity index (χ3v) is 4.68. The van der Waals surface area contributed by atoms with Crippen molar-refractivity contribution in [2.75, 3.05) is 26.3 Å². The van der Waals surface area contributed by atoms with E-state index in [0.29, 0.717) is 5.92 Å². The van der Waals surface area contributed by atoms with Gasteiger partial charge < -0.3 is 10.1 Å². The predicted octanol–water partition coefficient (Wildman–Crippen LogP) is 4.17. The summed E-state index contributed by atoms with van der Waals surface area (Å²) in [5.74, 6) is 0.519. The van der Waals surface area contributed by atoms with Crippen LogP contribution in [-0.2, 0) is 11.2 Å². The second-order valence-corrected chi connectivity index (χ2v) is 7.47. The average molecular weight is 358 g/mol. The molecule has 1 fully saturated rings. The highest BCUT2D eigenvalue weighted by Gasteiger charge is 2.33. The molecule has 0 saturated carbocycles. The molecule has 21 heavy (non-hydrogen) atoms. The van der Waals surface area contributed by atoms with Crippen LogP contribution < -0.4 is 5.32 Å². The molecule has 0 bridgehead atoms. The zero-order valence-corrected chi connectivity index (χ0v) is 14.5. The maximum absolute atomic E-state index is 14.1. The molecule has 0 unspecified atom stereocenters. The zero-order valence-electron chi connectivity index (χ0n) is 12.9. The van der Waals surface area contributed by atoms with Gasteiger partial charge in [-0.05, 0) is 54.8 Å². The highest BCUT2D eigenvalue weighted by atomic mass is 79.9. The van der Waals surface area contributed by atoms with Crippen molar-refractivity contribution in [2.24, 2.45) is 11.3 Å². The van der Waals surface area contributed by atoms with E-state index in [1.54, 1.807) is 6.07 Å². The third kappa shape index (κ3) is 5.04. The first-order valence-corrected chi connectivity index (χ1v) is 8.52. The Bertz CT molecular complexity index is 458. The number of benzene rings is 1. The molecule has 1 aliphatic rings. The zero-order chi connectivity index (χ0) is 15.3. The fourth-order valence-electron chi connectivity index (χ4n) is 2.92. The summed E-state index contributed by atoms with van der Waals surface area (Å²) < 4.78 is 20.4. The van der Waals surface area contributed by atoms with E-state index >= 15 is 0 Å². The smallest absolute Gasteiger partial charge is 0.127 e. The molecule has 0 radical (unpaired) electrons. The molecule has 1 N–H and O–H groups in total. The number of hydrogen-bond acceptors (Lipinski definition) is 2. The van der Waals surface area contributed by atoms with Gasteiger partial charge in [0.15, 0.2) is 0 Å². The van der Waals surface area contributed by atoms with Crippen LogP contribution in [0.5, 0.6) is 0 Å². The van der Waals surface area contributed by atoms with Gasteiger partial charge in [-0.1, -0.05) is 35.8 Å². The minimum absolute atomic E-state index is 0.112. The van der Waals surface area contributed by atoms with Crippen LogP contribution in [0.2, 0.25) is 0 Å². The highest BCUT2D eigenvalue weighted by molar-refractivity contribution is 9.10. The van der Waals surface area contributed by atoms with Crippen LogP contribution in [0.15, 0.2) is 22.7 Å². The lowest BCUT2D eigenvalue weighted by Gasteiger charge is -2.38. The maximum atomic E-state index is 14.1. The SMILES string of the molecule is CC(C)CNCC1(Cc2ccc(Br)cc2F)CCOCC1. The summed E-state index contributed by atoms with van der Waals surface area (Å²) in [6.45, 7) is 7.91. The quantitative estimate of drug-likeness (QED) is 0.824. The number of ether oxygens (including phenoxy) is 1. The Labute approximate surface area is 135 Å². The molecule has 0 amide bonds. The van der Waals surface area contributed by atoms with Gasteiger partial charge in [0, 0.05) is 24.2 Å². The molecule has 1 heterocycles. The van der Waals surface area contributed by atoms with Crippen LogP contribution in [0, 0.1) is 17.2 Å². The molecule has 2 nitrogen and oxygen atoms in total. The predicted molar refractivity (Wildman–Crippen MR) is 88.0 cm³/mol. The first-order valence-electron chi connectivity index (χ1n) is 7.73. The summed E-state index contributed by atoms with van der Waals surface area (Å²) in [7, 11) is 0. The monoisotopic (exact) mass is 357 g/mol. The second-order valence-electron chi connectivity index (χ2n) is 6.55. The van der Waals surface area contributed by atoms with Crippen molar-refractivity contribution in [3.63, 3.8) is 0 Å². The van der Waals surface area contributed by atoms with E-state index in [2.05, 4.69) is 35.1 Å². The van der Waals surface area contributed by atoms with E-state index in [1.807, 2.05) is 12.1 Å². The molecular formula is C17H25BrFNO. The molecule has 0 spiro atoms. The Hall–Kier alpha value is -0.450. The Kier molecular flexibility index (Phi) is 6.20. The van der Waals surface area contributed by atoms with Crippen molar-refractivity contribution in [3.05, 3.63) is 34.1 Å². The van der Waals surface area contributed by atoms with Gasteiger partial charge in [0.05, 0.1) is 0 Å². The standard InChI is InChI=1S/C17H25BrFNO/c1-13(2)11-20-12-17(5-7-21-8-6-17)10-14-3-4-15(18)9-16(14)19/h3-4,9,13,20H,5-8,10-12H2,1-2H3. The summed E-state index contributed by atoms with van der Waals surface area (Å²) >= 11 is 3.32.